The van der Waals surface area contributed by atoms with Crippen molar-refractivity contribution in [2.24, 2.45) is 10.8 Å². The van der Waals surface area contributed by atoms with Gasteiger partial charge in [-0.05, 0) is 42.0 Å². The summed E-state index contributed by atoms with van der Waals surface area (Å²) in [4.78, 5) is 29.4. The molecular formula is C23H20FN5O2. The quantitative estimate of drug-likeness (QED) is 0.644. The summed E-state index contributed by atoms with van der Waals surface area (Å²) < 4.78 is 13.3. The number of amides is 2. The Balaban J connectivity index is 1.62. The summed E-state index contributed by atoms with van der Waals surface area (Å²) in [7, 11) is 0. The van der Waals surface area contributed by atoms with Gasteiger partial charge in [0.15, 0.2) is 0 Å². The molecule has 2 aromatic carbocycles. The van der Waals surface area contributed by atoms with Gasteiger partial charge in [-0.25, -0.2) is 4.39 Å². The third-order valence-electron chi connectivity index (χ3n) is 4.98. The highest BCUT2D eigenvalue weighted by Crippen LogP contribution is 2.26. The average molecular weight is 417 g/mol. The number of halogens is 1. The van der Waals surface area contributed by atoms with Gasteiger partial charge in [-0.3, -0.25) is 19.6 Å². The molecular weight excluding hydrogens is 397 g/mol. The lowest BCUT2D eigenvalue weighted by molar-refractivity contribution is -0.119. The molecule has 156 valence electrons. The van der Waals surface area contributed by atoms with Crippen LogP contribution in [-0.4, -0.2) is 28.6 Å². The van der Waals surface area contributed by atoms with Crippen LogP contribution in [0.5, 0.6) is 0 Å². The van der Waals surface area contributed by atoms with E-state index in [1.807, 2.05) is 42.5 Å². The minimum atomic E-state index is -0.837. The number of nitrogens with one attached hydrogen (secondary N) is 1. The first kappa shape index (κ1) is 20.2. The predicted octanol–water partition coefficient (Wildman–Crippen LogP) is 2.55. The maximum Gasteiger partial charge on any atom is 0.268 e. The highest BCUT2D eigenvalue weighted by molar-refractivity contribution is 6.40. The molecule has 1 aliphatic rings. The Kier molecular flexibility index (Phi) is 5.70. The van der Waals surface area contributed by atoms with E-state index in [9.17, 15) is 14.0 Å². The smallest absolute Gasteiger partial charge is 0.268 e. The summed E-state index contributed by atoms with van der Waals surface area (Å²) in [6.07, 6.45) is 1.70. The second kappa shape index (κ2) is 8.74. The summed E-state index contributed by atoms with van der Waals surface area (Å²) in [5.74, 6) is -1.47. The lowest BCUT2D eigenvalue weighted by Crippen LogP contribution is -2.40. The van der Waals surface area contributed by atoms with E-state index in [1.54, 1.807) is 12.3 Å². The van der Waals surface area contributed by atoms with Gasteiger partial charge in [0.2, 0.25) is 5.91 Å². The number of anilines is 1. The first-order valence-electron chi connectivity index (χ1n) is 9.71. The maximum atomic E-state index is 13.3. The molecule has 0 saturated heterocycles. The summed E-state index contributed by atoms with van der Waals surface area (Å²) >= 11 is 0. The molecule has 1 aliphatic heterocycles. The Morgan fingerprint density at radius 2 is 1.74 bits per heavy atom. The predicted molar refractivity (Wildman–Crippen MR) is 115 cm³/mol. The van der Waals surface area contributed by atoms with E-state index in [0.29, 0.717) is 11.4 Å². The molecule has 0 saturated carbocycles. The molecule has 0 fully saturated rings. The summed E-state index contributed by atoms with van der Waals surface area (Å²) in [6, 6.07) is 19.1. The van der Waals surface area contributed by atoms with Crippen LogP contribution in [0, 0.1) is 5.82 Å². The number of aromatic nitrogens is 1. The van der Waals surface area contributed by atoms with Gasteiger partial charge in [0.25, 0.3) is 5.91 Å². The van der Waals surface area contributed by atoms with Crippen molar-refractivity contribution in [1.29, 1.82) is 0 Å². The fraction of sp³-hybridized carbons (Fsp3) is 0.130. The van der Waals surface area contributed by atoms with Crippen LogP contribution in [0.3, 0.4) is 0 Å². The Morgan fingerprint density at radius 3 is 2.39 bits per heavy atom. The second-order valence-electron chi connectivity index (χ2n) is 7.06. The van der Waals surface area contributed by atoms with Crippen LogP contribution in [0.15, 0.2) is 84.1 Å². The monoisotopic (exact) mass is 417 g/mol. The van der Waals surface area contributed by atoms with E-state index >= 15 is 0 Å². The molecule has 0 bridgehead atoms. The first-order chi connectivity index (χ1) is 15.0. The van der Waals surface area contributed by atoms with Crippen LogP contribution in [-0.2, 0) is 9.59 Å². The lowest BCUT2D eigenvalue weighted by Gasteiger charge is -2.20. The topological polar surface area (TPSA) is 101 Å². The highest BCUT2D eigenvalue weighted by Gasteiger charge is 2.35. The van der Waals surface area contributed by atoms with E-state index in [1.165, 1.54) is 29.3 Å². The van der Waals surface area contributed by atoms with Gasteiger partial charge < -0.3 is 11.1 Å². The van der Waals surface area contributed by atoms with Crippen LogP contribution in [0.2, 0.25) is 0 Å². The molecule has 8 heteroatoms. The van der Waals surface area contributed by atoms with E-state index in [0.717, 1.165) is 5.56 Å². The Bertz CT molecular complexity index is 1060. The number of nitrogens with two attached hydrogens (primary N) is 1. The van der Waals surface area contributed by atoms with Crippen molar-refractivity contribution in [3.63, 3.8) is 0 Å². The molecule has 2 amide bonds. The normalized spacial score (nSPS) is 16.5. The van der Waals surface area contributed by atoms with E-state index in [2.05, 4.69) is 15.4 Å². The standard InChI is InChI=1S/C23H20FN5O2/c24-16-9-11-17(12-10-16)29-20(22(25)30)14-19(28-29)23(31)27-21(15-6-2-1-3-7-15)18-8-4-5-13-26-18/h1-13,20-21H,14H2,(H2,25,30)(H,27,31)/t20-,21+/m0/s1. The molecule has 0 unspecified atom stereocenters. The van der Waals surface area contributed by atoms with Crippen molar-refractivity contribution in [3.05, 3.63) is 96.1 Å². The fourth-order valence-electron chi connectivity index (χ4n) is 3.44. The Morgan fingerprint density at radius 1 is 1.03 bits per heavy atom. The van der Waals surface area contributed by atoms with Crippen LogP contribution in [0.1, 0.15) is 23.7 Å². The third-order valence-corrected chi connectivity index (χ3v) is 4.98. The largest absolute Gasteiger partial charge is 0.368 e. The molecule has 0 spiro atoms. The molecule has 2 atom stereocenters. The SMILES string of the molecule is NC(=O)[C@@H]1CC(C(=O)N[C@H](c2ccccc2)c2ccccn2)=NN1c1ccc(F)cc1. The zero-order valence-corrected chi connectivity index (χ0v) is 16.5. The Hall–Kier alpha value is -4.07. The minimum Gasteiger partial charge on any atom is -0.368 e. The summed E-state index contributed by atoms with van der Waals surface area (Å²) in [6.45, 7) is 0. The van der Waals surface area contributed by atoms with Crippen molar-refractivity contribution < 1.29 is 14.0 Å². The van der Waals surface area contributed by atoms with Gasteiger partial charge in [0.05, 0.1) is 17.4 Å². The van der Waals surface area contributed by atoms with Gasteiger partial charge in [-0.15, -0.1) is 0 Å². The van der Waals surface area contributed by atoms with Crippen LogP contribution >= 0.6 is 0 Å². The van der Waals surface area contributed by atoms with Crippen molar-refractivity contribution >= 4 is 23.2 Å². The molecule has 31 heavy (non-hydrogen) atoms. The van der Waals surface area contributed by atoms with Gasteiger partial charge in [0.1, 0.15) is 17.6 Å². The average Bonchev–Trinajstić information content (AvgIpc) is 3.25. The summed E-state index contributed by atoms with van der Waals surface area (Å²) in [5, 5.41) is 8.64. The van der Waals surface area contributed by atoms with Gasteiger partial charge in [0, 0.05) is 12.6 Å². The molecule has 7 nitrogen and oxygen atoms in total. The Labute approximate surface area is 178 Å². The van der Waals surface area contributed by atoms with Gasteiger partial charge in [-0.1, -0.05) is 36.4 Å². The molecule has 0 aliphatic carbocycles. The van der Waals surface area contributed by atoms with Crippen molar-refractivity contribution in [2.75, 3.05) is 5.01 Å². The highest BCUT2D eigenvalue weighted by atomic mass is 19.1. The van der Waals surface area contributed by atoms with Crippen molar-refractivity contribution in [3.8, 4) is 0 Å². The maximum absolute atomic E-state index is 13.3. The van der Waals surface area contributed by atoms with E-state index in [4.69, 9.17) is 5.73 Å². The molecule has 0 radical (unpaired) electrons. The van der Waals surface area contributed by atoms with Gasteiger partial charge in [-0.2, -0.15) is 5.10 Å². The molecule has 3 aromatic rings. The van der Waals surface area contributed by atoms with Crippen molar-refractivity contribution in [2.45, 2.75) is 18.5 Å². The zero-order chi connectivity index (χ0) is 21.8. The number of benzene rings is 2. The van der Waals surface area contributed by atoms with E-state index in [-0.39, 0.29) is 12.1 Å². The fourth-order valence-corrected chi connectivity index (χ4v) is 3.44. The van der Waals surface area contributed by atoms with Crippen molar-refractivity contribution in [1.82, 2.24) is 10.3 Å². The number of rotatable bonds is 6. The first-order valence-corrected chi connectivity index (χ1v) is 9.71. The third kappa shape index (κ3) is 4.42. The second-order valence-corrected chi connectivity index (χ2v) is 7.06. The number of hydrazone groups is 1. The van der Waals surface area contributed by atoms with Crippen LogP contribution < -0.4 is 16.1 Å². The lowest BCUT2D eigenvalue weighted by atomic mass is 10.0. The number of carbonyl (C=O) groups excluding carboxylic acids is 2. The number of primary amides is 1. The summed E-state index contributed by atoms with van der Waals surface area (Å²) in [5.41, 5.74) is 7.68. The molecule has 4 rings (SSSR count). The molecule has 3 N–H and O–H groups in total. The molecule has 2 heterocycles. The number of carbonyl (C=O) groups is 2. The minimum absolute atomic E-state index is 0.0439. The van der Waals surface area contributed by atoms with E-state index < -0.39 is 29.7 Å². The number of pyridine rings is 1. The van der Waals surface area contributed by atoms with Crippen LogP contribution in [0.4, 0.5) is 10.1 Å². The number of nitrogens with zero attached hydrogens (tertiary/aromatic N) is 3. The zero-order valence-electron chi connectivity index (χ0n) is 16.5. The van der Waals surface area contributed by atoms with Crippen LogP contribution in [0.25, 0.3) is 0 Å². The van der Waals surface area contributed by atoms with Gasteiger partial charge >= 0.3 is 0 Å². The number of hydrogen-bond donors (Lipinski definition) is 2. The molecule has 1 aromatic heterocycles. The number of hydrogen-bond acceptors (Lipinski definition) is 5.